The molecule has 152 valence electrons. The number of benzene rings is 2. The first kappa shape index (κ1) is 21.1. The number of aryl methyl sites for hydroxylation is 1. The molecule has 0 fully saturated rings. The minimum atomic E-state index is -3.53. The summed E-state index contributed by atoms with van der Waals surface area (Å²) in [5.41, 5.74) is 1.69. The largest absolute Gasteiger partial charge is 0.497 e. The van der Waals surface area contributed by atoms with Gasteiger partial charge in [0.05, 0.1) is 24.3 Å². The zero-order chi connectivity index (χ0) is 20.9. The Morgan fingerprint density at radius 2 is 1.72 bits per heavy atom. The van der Waals surface area contributed by atoms with Gasteiger partial charge in [-0.2, -0.15) is 0 Å². The summed E-state index contributed by atoms with van der Waals surface area (Å²) in [5, 5.41) is 1.95. The predicted octanol–water partition coefficient (Wildman–Crippen LogP) is 4.46. The van der Waals surface area contributed by atoms with E-state index in [1.165, 1.54) is 0 Å². The zero-order valence-corrected chi connectivity index (χ0v) is 18.0. The van der Waals surface area contributed by atoms with E-state index in [1.54, 1.807) is 71.9 Å². The second-order valence-electron chi connectivity index (χ2n) is 6.64. The van der Waals surface area contributed by atoms with Crippen molar-refractivity contribution in [2.75, 3.05) is 17.8 Å². The highest BCUT2D eigenvalue weighted by atomic mass is 32.2. The topological polar surface area (TPSA) is 63.7 Å². The molecule has 0 spiro atoms. The number of rotatable bonds is 8. The number of amides is 1. The standard InChI is InChI=1S/C22H23NO4S2/c1-17-5-11-21(12-6-17)29(25,26)15-13-22(24)23(16-20-4-3-14-28-20)18-7-9-19(27-2)10-8-18/h3-12,14H,13,15-16H2,1-2H3. The molecule has 0 saturated heterocycles. The maximum absolute atomic E-state index is 13.0. The van der Waals surface area contributed by atoms with Crippen molar-refractivity contribution in [3.8, 4) is 5.75 Å². The number of methoxy groups -OCH3 is 1. The Kier molecular flexibility index (Phi) is 6.71. The van der Waals surface area contributed by atoms with Crippen LogP contribution in [-0.4, -0.2) is 27.2 Å². The first-order chi connectivity index (χ1) is 13.9. The van der Waals surface area contributed by atoms with E-state index in [4.69, 9.17) is 4.74 Å². The van der Waals surface area contributed by atoms with Crippen LogP contribution in [0.2, 0.25) is 0 Å². The Morgan fingerprint density at radius 3 is 2.31 bits per heavy atom. The number of hydrogen-bond donors (Lipinski definition) is 0. The second-order valence-corrected chi connectivity index (χ2v) is 9.78. The predicted molar refractivity (Wildman–Crippen MR) is 116 cm³/mol. The van der Waals surface area contributed by atoms with E-state index >= 15 is 0 Å². The molecule has 1 heterocycles. The Morgan fingerprint density at radius 1 is 1.03 bits per heavy atom. The van der Waals surface area contributed by atoms with Gasteiger partial charge >= 0.3 is 0 Å². The fraction of sp³-hybridized carbons (Fsp3) is 0.227. The molecule has 0 saturated carbocycles. The van der Waals surface area contributed by atoms with Gasteiger partial charge in [-0.05, 0) is 54.8 Å². The number of ether oxygens (including phenoxy) is 1. The molecule has 3 aromatic rings. The third-order valence-corrected chi connectivity index (χ3v) is 7.14. The first-order valence-corrected chi connectivity index (χ1v) is 11.7. The van der Waals surface area contributed by atoms with E-state index < -0.39 is 9.84 Å². The Hall–Kier alpha value is -2.64. The van der Waals surface area contributed by atoms with Crippen LogP contribution in [0.25, 0.3) is 0 Å². The van der Waals surface area contributed by atoms with E-state index in [0.29, 0.717) is 18.0 Å². The van der Waals surface area contributed by atoms with E-state index in [9.17, 15) is 13.2 Å². The van der Waals surface area contributed by atoms with Crippen LogP contribution in [0, 0.1) is 6.92 Å². The molecule has 5 nitrogen and oxygen atoms in total. The summed E-state index contributed by atoms with van der Waals surface area (Å²) in [7, 11) is -1.94. The van der Waals surface area contributed by atoms with Gasteiger partial charge in [-0.25, -0.2) is 8.42 Å². The zero-order valence-electron chi connectivity index (χ0n) is 16.4. The fourth-order valence-corrected chi connectivity index (χ4v) is 4.79. The lowest BCUT2D eigenvalue weighted by Gasteiger charge is -2.22. The van der Waals surface area contributed by atoms with Crippen LogP contribution in [0.3, 0.4) is 0 Å². The van der Waals surface area contributed by atoms with E-state index in [-0.39, 0.29) is 23.0 Å². The van der Waals surface area contributed by atoms with Crippen molar-refractivity contribution in [1.29, 1.82) is 0 Å². The van der Waals surface area contributed by atoms with Gasteiger partial charge < -0.3 is 9.64 Å². The van der Waals surface area contributed by atoms with Crippen molar-refractivity contribution < 1.29 is 17.9 Å². The van der Waals surface area contributed by atoms with Gasteiger partial charge in [0.15, 0.2) is 9.84 Å². The molecule has 0 bridgehead atoms. The Labute approximate surface area is 175 Å². The molecule has 2 aromatic carbocycles. The smallest absolute Gasteiger partial charge is 0.228 e. The molecule has 0 unspecified atom stereocenters. The van der Waals surface area contributed by atoms with Crippen molar-refractivity contribution in [2.45, 2.75) is 24.8 Å². The summed E-state index contributed by atoms with van der Waals surface area (Å²) in [6, 6.07) is 17.8. The molecule has 7 heteroatoms. The van der Waals surface area contributed by atoms with Gasteiger partial charge in [0.25, 0.3) is 0 Å². The lowest BCUT2D eigenvalue weighted by atomic mass is 10.2. The Balaban J connectivity index is 1.77. The highest BCUT2D eigenvalue weighted by Gasteiger charge is 2.21. The number of hydrogen-bond acceptors (Lipinski definition) is 5. The molecule has 29 heavy (non-hydrogen) atoms. The number of sulfone groups is 1. The van der Waals surface area contributed by atoms with Gasteiger partial charge in [-0.1, -0.05) is 23.8 Å². The van der Waals surface area contributed by atoms with E-state index in [1.807, 2.05) is 24.4 Å². The lowest BCUT2D eigenvalue weighted by Crippen LogP contribution is -2.31. The summed E-state index contributed by atoms with van der Waals surface area (Å²) in [5.74, 6) is 0.227. The SMILES string of the molecule is COc1ccc(N(Cc2cccs2)C(=O)CCS(=O)(=O)c2ccc(C)cc2)cc1. The van der Waals surface area contributed by atoms with Crippen molar-refractivity contribution in [2.24, 2.45) is 0 Å². The van der Waals surface area contributed by atoms with Gasteiger partial charge in [0.1, 0.15) is 5.75 Å². The van der Waals surface area contributed by atoms with Crippen LogP contribution < -0.4 is 9.64 Å². The third-order valence-electron chi connectivity index (χ3n) is 4.54. The van der Waals surface area contributed by atoms with Crippen LogP contribution in [-0.2, 0) is 21.2 Å². The Bertz CT molecular complexity index is 1040. The number of nitrogens with zero attached hydrogens (tertiary/aromatic N) is 1. The van der Waals surface area contributed by atoms with Crippen molar-refractivity contribution in [3.63, 3.8) is 0 Å². The van der Waals surface area contributed by atoms with Crippen molar-refractivity contribution in [3.05, 3.63) is 76.5 Å². The molecule has 0 N–H and O–H groups in total. The van der Waals surface area contributed by atoms with Gasteiger partial charge in [0, 0.05) is 17.0 Å². The van der Waals surface area contributed by atoms with E-state index in [0.717, 1.165) is 10.4 Å². The van der Waals surface area contributed by atoms with Crippen molar-refractivity contribution in [1.82, 2.24) is 0 Å². The van der Waals surface area contributed by atoms with E-state index in [2.05, 4.69) is 0 Å². The van der Waals surface area contributed by atoms with Crippen LogP contribution in [0.1, 0.15) is 16.9 Å². The summed E-state index contributed by atoms with van der Waals surface area (Å²) >= 11 is 1.56. The van der Waals surface area contributed by atoms with Crippen molar-refractivity contribution >= 4 is 32.8 Å². The molecular weight excluding hydrogens is 406 g/mol. The van der Waals surface area contributed by atoms with Gasteiger partial charge in [-0.15, -0.1) is 11.3 Å². The summed E-state index contributed by atoms with van der Waals surface area (Å²) < 4.78 is 30.4. The molecular formula is C22H23NO4S2. The van der Waals surface area contributed by atoms with Crippen LogP contribution in [0.5, 0.6) is 5.75 Å². The van der Waals surface area contributed by atoms with Crippen LogP contribution in [0.4, 0.5) is 5.69 Å². The van der Waals surface area contributed by atoms with Gasteiger partial charge in [-0.3, -0.25) is 4.79 Å². The monoisotopic (exact) mass is 429 g/mol. The maximum atomic E-state index is 13.0. The maximum Gasteiger partial charge on any atom is 0.228 e. The molecule has 0 aliphatic carbocycles. The molecule has 0 aliphatic rings. The number of thiophene rings is 1. The minimum Gasteiger partial charge on any atom is -0.497 e. The van der Waals surface area contributed by atoms with Gasteiger partial charge in [0.2, 0.25) is 5.91 Å². The second kappa shape index (κ2) is 9.24. The fourth-order valence-electron chi connectivity index (χ4n) is 2.86. The number of carbonyl (C=O) groups excluding carboxylic acids is 1. The summed E-state index contributed by atoms with van der Waals surface area (Å²) in [6.45, 7) is 2.30. The lowest BCUT2D eigenvalue weighted by molar-refractivity contribution is -0.118. The average molecular weight is 430 g/mol. The highest BCUT2D eigenvalue weighted by Crippen LogP contribution is 2.24. The molecule has 1 aromatic heterocycles. The molecule has 0 radical (unpaired) electrons. The molecule has 0 aliphatic heterocycles. The molecule has 3 rings (SSSR count). The normalized spacial score (nSPS) is 11.2. The third kappa shape index (κ3) is 5.46. The summed E-state index contributed by atoms with van der Waals surface area (Å²) in [6.07, 6.45) is -0.0897. The van der Waals surface area contributed by atoms with Crippen LogP contribution >= 0.6 is 11.3 Å². The average Bonchev–Trinajstić information content (AvgIpc) is 3.24. The minimum absolute atomic E-state index is 0.0897. The molecule has 0 atom stereocenters. The summed E-state index contributed by atoms with van der Waals surface area (Å²) in [4.78, 5) is 15.9. The first-order valence-electron chi connectivity index (χ1n) is 9.15. The quantitative estimate of drug-likeness (QED) is 0.530. The molecule has 1 amide bonds. The number of anilines is 1. The highest BCUT2D eigenvalue weighted by molar-refractivity contribution is 7.91. The van der Waals surface area contributed by atoms with Crippen LogP contribution in [0.15, 0.2) is 70.9 Å². The number of carbonyl (C=O) groups is 1.